The molecule has 17 heavy (non-hydrogen) atoms. The molecule has 0 aromatic rings. The lowest BCUT2D eigenvalue weighted by Crippen LogP contribution is -2.44. The molecule has 0 radical (unpaired) electrons. The maximum atomic E-state index is 5.77. The normalized spacial score (nSPS) is 24.5. The Labute approximate surface area is 111 Å². The molecule has 1 fully saturated rings. The first-order valence-corrected chi connectivity index (χ1v) is 8.44. The number of hydrazine groups is 1. The van der Waals surface area contributed by atoms with Gasteiger partial charge in [-0.15, -0.1) is 0 Å². The fraction of sp³-hybridized carbons (Fsp3) is 1.00. The van der Waals surface area contributed by atoms with E-state index < -0.39 is 0 Å². The molecule has 1 saturated heterocycles. The summed E-state index contributed by atoms with van der Waals surface area (Å²) >= 11 is 2.13. The molecule has 3 unspecified atom stereocenters. The van der Waals surface area contributed by atoms with Crippen LogP contribution in [0.2, 0.25) is 0 Å². The first-order chi connectivity index (χ1) is 8.31. The van der Waals surface area contributed by atoms with Gasteiger partial charge in [-0.1, -0.05) is 46.0 Å². The topological polar surface area (TPSA) is 38.0 Å². The molecule has 1 heterocycles. The van der Waals surface area contributed by atoms with Crippen LogP contribution >= 0.6 is 11.8 Å². The SMILES string of the molecule is CCCCC(CC)CC(NN)C1CCCCS1. The molecule has 0 saturated carbocycles. The number of hydrogen-bond donors (Lipinski definition) is 2. The maximum absolute atomic E-state index is 5.77. The predicted molar refractivity (Wildman–Crippen MR) is 79.1 cm³/mol. The summed E-state index contributed by atoms with van der Waals surface area (Å²) in [4.78, 5) is 0. The van der Waals surface area contributed by atoms with Gasteiger partial charge in [0, 0.05) is 11.3 Å². The van der Waals surface area contributed by atoms with Gasteiger partial charge in [-0.05, 0) is 30.9 Å². The molecule has 3 heteroatoms. The molecule has 2 nitrogen and oxygen atoms in total. The fourth-order valence-electron chi connectivity index (χ4n) is 2.75. The molecule has 0 bridgehead atoms. The smallest absolute Gasteiger partial charge is 0.0332 e. The van der Waals surface area contributed by atoms with Crippen molar-refractivity contribution in [2.75, 3.05) is 5.75 Å². The van der Waals surface area contributed by atoms with Gasteiger partial charge in [-0.2, -0.15) is 11.8 Å². The van der Waals surface area contributed by atoms with E-state index in [0.717, 1.165) is 11.2 Å². The van der Waals surface area contributed by atoms with Gasteiger partial charge in [0.05, 0.1) is 0 Å². The van der Waals surface area contributed by atoms with Crippen molar-refractivity contribution < 1.29 is 0 Å². The molecule has 3 atom stereocenters. The summed E-state index contributed by atoms with van der Waals surface area (Å²) in [5.74, 6) is 7.96. The second-order valence-electron chi connectivity index (χ2n) is 5.33. The third-order valence-corrected chi connectivity index (χ3v) is 5.53. The highest BCUT2D eigenvalue weighted by Gasteiger charge is 2.25. The van der Waals surface area contributed by atoms with Crippen LogP contribution in [0.25, 0.3) is 0 Å². The third-order valence-electron chi connectivity index (χ3n) is 4.01. The lowest BCUT2D eigenvalue weighted by molar-refractivity contribution is 0.337. The van der Waals surface area contributed by atoms with E-state index in [1.807, 2.05) is 0 Å². The summed E-state index contributed by atoms with van der Waals surface area (Å²) in [6, 6.07) is 0.530. The van der Waals surface area contributed by atoms with Gasteiger partial charge >= 0.3 is 0 Å². The van der Waals surface area contributed by atoms with Gasteiger partial charge in [0.15, 0.2) is 0 Å². The minimum atomic E-state index is 0.530. The number of unbranched alkanes of at least 4 members (excludes halogenated alkanes) is 1. The Morgan fingerprint density at radius 2 is 2.18 bits per heavy atom. The monoisotopic (exact) mass is 258 g/mol. The van der Waals surface area contributed by atoms with Crippen LogP contribution in [0.3, 0.4) is 0 Å². The van der Waals surface area contributed by atoms with Gasteiger partial charge in [-0.3, -0.25) is 11.3 Å². The average Bonchev–Trinajstić information content (AvgIpc) is 2.40. The minimum absolute atomic E-state index is 0.530. The van der Waals surface area contributed by atoms with E-state index in [0.29, 0.717) is 6.04 Å². The van der Waals surface area contributed by atoms with Crippen molar-refractivity contribution in [1.29, 1.82) is 0 Å². The number of nitrogens with two attached hydrogens (primary N) is 1. The lowest BCUT2D eigenvalue weighted by atomic mass is 9.90. The molecule has 0 amide bonds. The van der Waals surface area contributed by atoms with E-state index in [2.05, 4.69) is 31.0 Å². The first-order valence-electron chi connectivity index (χ1n) is 7.39. The molecule has 102 valence electrons. The fourth-order valence-corrected chi connectivity index (χ4v) is 4.18. The molecule has 3 N–H and O–H groups in total. The number of hydrogen-bond acceptors (Lipinski definition) is 3. The van der Waals surface area contributed by atoms with Crippen LogP contribution in [-0.4, -0.2) is 17.0 Å². The molecule has 0 aromatic carbocycles. The number of nitrogens with one attached hydrogen (secondary N) is 1. The summed E-state index contributed by atoms with van der Waals surface area (Å²) in [5.41, 5.74) is 3.09. The Balaban J connectivity index is 2.36. The van der Waals surface area contributed by atoms with Crippen LogP contribution in [0.1, 0.15) is 65.2 Å². The molecular weight excluding hydrogens is 228 g/mol. The van der Waals surface area contributed by atoms with Crippen molar-refractivity contribution in [2.45, 2.75) is 76.5 Å². The second-order valence-corrected chi connectivity index (χ2v) is 6.68. The summed E-state index contributed by atoms with van der Waals surface area (Å²) in [6.07, 6.45) is 10.8. The summed E-state index contributed by atoms with van der Waals surface area (Å²) in [6.45, 7) is 4.60. The maximum Gasteiger partial charge on any atom is 0.0332 e. The molecule has 1 rings (SSSR count). The van der Waals surface area contributed by atoms with Gasteiger partial charge in [0.25, 0.3) is 0 Å². The van der Waals surface area contributed by atoms with Crippen molar-refractivity contribution in [3.8, 4) is 0 Å². The van der Waals surface area contributed by atoms with Crippen molar-refractivity contribution >= 4 is 11.8 Å². The quantitative estimate of drug-likeness (QED) is 0.515. The van der Waals surface area contributed by atoms with Crippen LogP contribution in [0, 0.1) is 5.92 Å². The lowest BCUT2D eigenvalue weighted by Gasteiger charge is -2.31. The van der Waals surface area contributed by atoms with E-state index in [1.165, 1.54) is 57.1 Å². The average molecular weight is 258 g/mol. The van der Waals surface area contributed by atoms with Crippen molar-refractivity contribution in [3.05, 3.63) is 0 Å². The standard InChI is InChI=1S/C14H30N2S/c1-3-5-8-12(4-2)11-13(16-15)14-9-6-7-10-17-14/h12-14,16H,3-11,15H2,1-2H3. The Kier molecular flexibility index (Phi) is 8.33. The van der Waals surface area contributed by atoms with Gasteiger partial charge in [-0.25, -0.2) is 0 Å². The van der Waals surface area contributed by atoms with Crippen LogP contribution in [-0.2, 0) is 0 Å². The highest BCUT2D eigenvalue weighted by molar-refractivity contribution is 8.00. The zero-order chi connectivity index (χ0) is 12.5. The van der Waals surface area contributed by atoms with Gasteiger partial charge in [0.2, 0.25) is 0 Å². The van der Waals surface area contributed by atoms with E-state index in [1.54, 1.807) is 0 Å². The molecule has 0 aliphatic carbocycles. The summed E-state index contributed by atoms with van der Waals surface area (Å²) in [7, 11) is 0. The van der Waals surface area contributed by atoms with Crippen LogP contribution < -0.4 is 11.3 Å². The minimum Gasteiger partial charge on any atom is -0.271 e. The molecule has 1 aliphatic rings. The zero-order valence-corrected chi connectivity index (χ0v) is 12.4. The van der Waals surface area contributed by atoms with Crippen molar-refractivity contribution in [3.63, 3.8) is 0 Å². The Morgan fingerprint density at radius 3 is 2.71 bits per heavy atom. The Morgan fingerprint density at radius 1 is 1.35 bits per heavy atom. The summed E-state index contributed by atoms with van der Waals surface area (Å²) < 4.78 is 0. The molecule has 1 aliphatic heterocycles. The van der Waals surface area contributed by atoms with E-state index in [4.69, 9.17) is 5.84 Å². The highest BCUT2D eigenvalue weighted by atomic mass is 32.2. The van der Waals surface area contributed by atoms with E-state index in [9.17, 15) is 0 Å². The van der Waals surface area contributed by atoms with Crippen LogP contribution in [0.5, 0.6) is 0 Å². The second kappa shape index (κ2) is 9.23. The summed E-state index contributed by atoms with van der Waals surface area (Å²) in [5, 5.41) is 0.754. The van der Waals surface area contributed by atoms with Gasteiger partial charge < -0.3 is 0 Å². The third kappa shape index (κ3) is 5.62. The van der Waals surface area contributed by atoms with Crippen molar-refractivity contribution in [2.24, 2.45) is 11.8 Å². The number of rotatable bonds is 8. The van der Waals surface area contributed by atoms with Crippen LogP contribution in [0.15, 0.2) is 0 Å². The Hall–Kier alpha value is 0.270. The molecular formula is C14H30N2S. The first kappa shape index (κ1) is 15.3. The Bertz CT molecular complexity index is 181. The zero-order valence-electron chi connectivity index (χ0n) is 11.6. The van der Waals surface area contributed by atoms with Gasteiger partial charge in [0.1, 0.15) is 0 Å². The van der Waals surface area contributed by atoms with Crippen molar-refractivity contribution in [1.82, 2.24) is 5.43 Å². The van der Waals surface area contributed by atoms with E-state index >= 15 is 0 Å². The largest absolute Gasteiger partial charge is 0.271 e. The molecule has 0 spiro atoms. The van der Waals surface area contributed by atoms with Crippen LogP contribution in [0.4, 0.5) is 0 Å². The number of thioether (sulfide) groups is 1. The van der Waals surface area contributed by atoms with E-state index in [-0.39, 0.29) is 0 Å². The molecule has 0 aromatic heterocycles. The predicted octanol–water partition coefficient (Wildman–Crippen LogP) is 3.71. The highest BCUT2D eigenvalue weighted by Crippen LogP contribution is 2.31.